The van der Waals surface area contributed by atoms with Crippen molar-refractivity contribution in [2.24, 2.45) is 0 Å². The third-order valence-electron chi connectivity index (χ3n) is 6.67. The van der Waals surface area contributed by atoms with Crippen LogP contribution < -0.4 is 15.0 Å². The number of rotatable bonds is 7. The number of fused-ring (bicyclic) bond motifs is 2. The first-order chi connectivity index (χ1) is 16.2. The van der Waals surface area contributed by atoms with Crippen molar-refractivity contribution >= 4 is 45.1 Å². The van der Waals surface area contributed by atoms with E-state index in [0.29, 0.717) is 31.5 Å². The van der Waals surface area contributed by atoms with Crippen molar-refractivity contribution in [1.82, 2.24) is 24.8 Å². The van der Waals surface area contributed by atoms with Crippen LogP contribution in [0.4, 0.5) is 5.82 Å². The summed E-state index contributed by atoms with van der Waals surface area (Å²) in [7, 11) is 1.68. The number of halogens is 1. The molecule has 0 saturated carbocycles. The molecule has 0 bridgehead atoms. The molecule has 10 heteroatoms. The molecule has 8 nitrogen and oxygen atoms in total. The highest BCUT2D eigenvalue weighted by Crippen LogP contribution is 2.41. The van der Waals surface area contributed by atoms with Crippen LogP contribution in [0.3, 0.4) is 0 Å². The number of hydrogen-bond donors (Lipinski definition) is 1. The normalized spacial score (nSPS) is 18.9. The molecule has 176 valence electrons. The van der Waals surface area contributed by atoms with Crippen LogP contribution in [0.5, 0.6) is 6.01 Å². The van der Waals surface area contributed by atoms with Gasteiger partial charge in [-0.2, -0.15) is 15.1 Å². The summed E-state index contributed by atoms with van der Waals surface area (Å²) in [6.07, 6.45) is 5.62. The van der Waals surface area contributed by atoms with Gasteiger partial charge in [0.05, 0.1) is 30.4 Å². The van der Waals surface area contributed by atoms with Gasteiger partial charge in [-0.1, -0.05) is 6.07 Å². The lowest BCUT2D eigenvalue weighted by atomic mass is 9.79. The maximum absolute atomic E-state index is 5.89. The lowest BCUT2D eigenvalue weighted by Gasteiger charge is -2.33. The van der Waals surface area contributed by atoms with Gasteiger partial charge in [0.15, 0.2) is 0 Å². The Balaban J connectivity index is 1.51. The lowest BCUT2D eigenvalue weighted by Crippen LogP contribution is -2.44. The van der Waals surface area contributed by atoms with Gasteiger partial charge in [-0.05, 0) is 71.3 Å². The smallest absolute Gasteiger partial charge is 0.318 e. The van der Waals surface area contributed by atoms with Gasteiger partial charge in [-0.3, -0.25) is 0 Å². The number of nitrogens with one attached hydrogen (secondary N) is 1. The second kappa shape index (κ2) is 10.4. The van der Waals surface area contributed by atoms with Crippen molar-refractivity contribution in [2.45, 2.75) is 32.1 Å². The molecule has 1 saturated heterocycles. The maximum atomic E-state index is 5.89. The van der Waals surface area contributed by atoms with Gasteiger partial charge in [0.25, 0.3) is 0 Å². The Morgan fingerprint density at radius 2 is 2.06 bits per heavy atom. The maximum Gasteiger partial charge on any atom is 0.318 e. The predicted octanol–water partition coefficient (Wildman–Crippen LogP) is 3.63. The summed E-state index contributed by atoms with van der Waals surface area (Å²) in [5, 5.41) is 9.35. The van der Waals surface area contributed by atoms with Crippen molar-refractivity contribution in [3.05, 3.63) is 40.7 Å². The molecule has 0 amide bonds. The fourth-order valence-electron chi connectivity index (χ4n) is 5.08. The first kappa shape index (κ1) is 23.2. The summed E-state index contributed by atoms with van der Waals surface area (Å²) in [5.74, 6) is 1.47. The van der Waals surface area contributed by atoms with E-state index in [1.165, 1.54) is 27.6 Å². The van der Waals surface area contributed by atoms with Crippen molar-refractivity contribution in [3.63, 3.8) is 0 Å². The minimum Gasteiger partial charge on any atom is -0.461 e. The molecule has 0 spiro atoms. The summed E-state index contributed by atoms with van der Waals surface area (Å²) in [6, 6.07) is 4.91. The molecule has 5 rings (SSSR count). The van der Waals surface area contributed by atoms with Crippen LogP contribution in [-0.4, -0.2) is 66.0 Å². The monoisotopic (exact) mass is 580 g/mol. The molecule has 3 heterocycles. The van der Waals surface area contributed by atoms with Gasteiger partial charge >= 0.3 is 6.01 Å². The molecular formula is C23H30IN6O2P. The van der Waals surface area contributed by atoms with Crippen molar-refractivity contribution in [3.8, 4) is 6.01 Å². The van der Waals surface area contributed by atoms with Gasteiger partial charge in [-0.25, -0.2) is 4.45 Å². The zero-order valence-corrected chi connectivity index (χ0v) is 22.3. The highest BCUT2D eigenvalue weighted by Gasteiger charge is 2.30. The molecule has 3 aromatic rings. The highest BCUT2D eigenvalue weighted by molar-refractivity contribution is 14.2. The largest absolute Gasteiger partial charge is 0.461 e. The minimum absolute atomic E-state index is 0.411. The zero-order valence-electron chi connectivity index (χ0n) is 19.1. The van der Waals surface area contributed by atoms with Crippen LogP contribution in [0, 0.1) is 6.92 Å². The molecular weight excluding hydrogens is 550 g/mol. The highest BCUT2D eigenvalue weighted by atomic mass is 127. The summed E-state index contributed by atoms with van der Waals surface area (Å²) in [6.45, 7) is 7.06. The summed E-state index contributed by atoms with van der Waals surface area (Å²) >= 11 is 2.39. The fourth-order valence-corrected chi connectivity index (χ4v) is 6.62. The second-order valence-electron chi connectivity index (χ2n) is 8.64. The molecule has 1 aliphatic heterocycles. The number of aromatic nitrogens is 4. The Hall–Kier alpha value is -1.55. The van der Waals surface area contributed by atoms with Crippen LogP contribution in [-0.2, 0) is 17.6 Å². The molecule has 1 N–H and O–H groups in total. The van der Waals surface area contributed by atoms with Gasteiger partial charge in [0.1, 0.15) is 12.4 Å². The molecule has 33 heavy (non-hydrogen) atoms. The SMILES string of the molecule is COCCOc1nc2c(c(N3CCNCC3)n1)CCC(c1c(C)ccc3c1cnn3PI)C2. The van der Waals surface area contributed by atoms with Gasteiger partial charge in [0.2, 0.25) is 0 Å². The molecule has 2 aliphatic rings. The Kier molecular flexibility index (Phi) is 7.30. The standard InChI is InChI=1S/C23H30IN6O2P/c1-15-3-6-20-18(14-26-30(20)33-24)21(15)16-4-5-17-19(13-16)27-23(32-12-11-31-2)28-22(17)29-9-7-25-8-10-29/h3,6,14,16,25,33H,4-5,7-13H2,1-2H3. The Bertz CT molecular complexity index is 1130. The number of aryl methyl sites for hydroxylation is 1. The van der Waals surface area contributed by atoms with E-state index < -0.39 is 0 Å². The van der Waals surface area contributed by atoms with Gasteiger partial charge in [-0.15, -0.1) is 0 Å². The lowest BCUT2D eigenvalue weighted by molar-refractivity contribution is 0.140. The van der Waals surface area contributed by atoms with E-state index in [-0.39, 0.29) is 0 Å². The molecule has 1 aromatic carbocycles. The average molecular weight is 580 g/mol. The second-order valence-corrected chi connectivity index (χ2v) is 10.7. The number of piperazine rings is 1. The average Bonchev–Trinajstić information content (AvgIpc) is 3.27. The van der Waals surface area contributed by atoms with E-state index in [4.69, 9.17) is 19.4 Å². The van der Waals surface area contributed by atoms with E-state index in [1.54, 1.807) is 7.11 Å². The third-order valence-corrected chi connectivity index (χ3v) is 8.56. The summed E-state index contributed by atoms with van der Waals surface area (Å²) < 4.78 is 13.1. The molecule has 2 unspecified atom stereocenters. The molecule has 0 radical (unpaired) electrons. The number of ether oxygens (including phenoxy) is 2. The molecule has 1 fully saturated rings. The number of methoxy groups -OCH3 is 1. The summed E-state index contributed by atoms with van der Waals surface area (Å²) in [5.41, 5.74) is 6.40. The number of benzene rings is 1. The Labute approximate surface area is 209 Å². The molecule has 1 aliphatic carbocycles. The Morgan fingerprint density at radius 1 is 1.21 bits per heavy atom. The number of anilines is 1. The first-order valence-electron chi connectivity index (χ1n) is 11.5. The van der Waals surface area contributed by atoms with E-state index in [2.05, 4.69) is 60.9 Å². The minimum atomic E-state index is 0.411. The van der Waals surface area contributed by atoms with Crippen molar-refractivity contribution in [2.75, 3.05) is 51.4 Å². The zero-order chi connectivity index (χ0) is 22.8. The van der Waals surface area contributed by atoms with Gasteiger partial charge in [0, 0.05) is 44.2 Å². The number of hydrogen-bond acceptors (Lipinski definition) is 7. The third kappa shape index (κ3) is 4.70. The van der Waals surface area contributed by atoms with Crippen molar-refractivity contribution in [1.29, 1.82) is 0 Å². The van der Waals surface area contributed by atoms with Crippen LogP contribution >= 0.6 is 28.4 Å². The number of nitrogens with zero attached hydrogens (tertiary/aromatic N) is 5. The van der Waals surface area contributed by atoms with Crippen LogP contribution in [0.25, 0.3) is 10.9 Å². The van der Waals surface area contributed by atoms with E-state index >= 15 is 0 Å². The van der Waals surface area contributed by atoms with Crippen LogP contribution in [0.1, 0.15) is 34.7 Å². The van der Waals surface area contributed by atoms with Crippen LogP contribution in [0.2, 0.25) is 0 Å². The van der Waals surface area contributed by atoms with Crippen LogP contribution in [0.15, 0.2) is 18.3 Å². The predicted molar refractivity (Wildman–Crippen MR) is 141 cm³/mol. The molecule has 2 atom stereocenters. The molecule has 2 aromatic heterocycles. The first-order valence-corrected chi connectivity index (χ1v) is 15.6. The quantitative estimate of drug-likeness (QED) is 0.260. The Morgan fingerprint density at radius 3 is 2.85 bits per heavy atom. The summed E-state index contributed by atoms with van der Waals surface area (Å²) in [4.78, 5) is 12.1. The van der Waals surface area contributed by atoms with Gasteiger partial charge < -0.3 is 19.7 Å². The fraction of sp³-hybridized carbons (Fsp3) is 0.522. The van der Waals surface area contributed by atoms with E-state index in [0.717, 1.165) is 57.0 Å². The topological polar surface area (TPSA) is 77.3 Å². The van der Waals surface area contributed by atoms with E-state index in [1.807, 2.05) is 6.20 Å². The van der Waals surface area contributed by atoms with Crippen molar-refractivity contribution < 1.29 is 9.47 Å². The van der Waals surface area contributed by atoms with E-state index in [9.17, 15) is 0 Å².